The standard InChI is InChI=1S/C20H24Cl2N4OS/c21-16-2-1-3-18(19(16)22)26-9-7-25(8-10-26)6-4-14-12-15(13-14)23-20(27)17-5-11-28-24-17/h1-3,5,11,14-15H,4,6-10,12-13H2,(H,23,27). The summed E-state index contributed by atoms with van der Waals surface area (Å²) in [5.74, 6) is 0.668. The average molecular weight is 439 g/mol. The van der Waals surface area contributed by atoms with Crippen LogP contribution < -0.4 is 10.2 Å². The van der Waals surface area contributed by atoms with Crippen molar-refractivity contribution >= 4 is 46.3 Å². The minimum Gasteiger partial charge on any atom is -0.368 e. The van der Waals surface area contributed by atoms with Gasteiger partial charge in [0.1, 0.15) is 5.69 Å². The highest BCUT2D eigenvalue weighted by Crippen LogP contribution is 2.33. The zero-order chi connectivity index (χ0) is 19.5. The smallest absolute Gasteiger partial charge is 0.271 e. The van der Waals surface area contributed by atoms with Crippen LogP contribution in [0.3, 0.4) is 0 Å². The third-order valence-corrected chi connectivity index (χ3v) is 7.11. The maximum atomic E-state index is 12.0. The van der Waals surface area contributed by atoms with Gasteiger partial charge in [-0.15, -0.1) is 0 Å². The lowest BCUT2D eigenvalue weighted by atomic mass is 9.78. The van der Waals surface area contributed by atoms with Gasteiger partial charge in [-0.3, -0.25) is 9.69 Å². The highest BCUT2D eigenvalue weighted by molar-refractivity contribution is 7.03. The van der Waals surface area contributed by atoms with Crippen LogP contribution in [0.1, 0.15) is 29.8 Å². The maximum Gasteiger partial charge on any atom is 0.271 e. The van der Waals surface area contributed by atoms with E-state index in [1.165, 1.54) is 18.0 Å². The van der Waals surface area contributed by atoms with Gasteiger partial charge in [0.15, 0.2) is 0 Å². The van der Waals surface area contributed by atoms with Crippen molar-refractivity contribution in [2.75, 3.05) is 37.6 Å². The number of rotatable bonds is 6. The first kappa shape index (κ1) is 20.0. The lowest BCUT2D eigenvalue weighted by molar-refractivity contribution is 0.0873. The van der Waals surface area contributed by atoms with Crippen molar-refractivity contribution in [3.63, 3.8) is 0 Å². The molecule has 1 aliphatic heterocycles. The van der Waals surface area contributed by atoms with E-state index in [0.717, 1.165) is 51.3 Å². The Morgan fingerprint density at radius 2 is 1.96 bits per heavy atom. The van der Waals surface area contributed by atoms with Crippen LogP contribution in [0.4, 0.5) is 5.69 Å². The van der Waals surface area contributed by atoms with Gasteiger partial charge in [0, 0.05) is 37.6 Å². The first-order chi connectivity index (χ1) is 13.6. The molecule has 0 atom stereocenters. The third-order valence-electron chi connectivity index (χ3n) is 5.74. The molecule has 2 heterocycles. The Morgan fingerprint density at radius 1 is 1.18 bits per heavy atom. The van der Waals surface area contributed by atoms with Gasteiger partial charge in [0.05, 0.1) is 15.7 Å². The van der Waals surface area contributed by atoms with Gasteiger partial charge in [-0.2, -0.15) is 4.37 Å². The van der Waals surface area contributed by atoms with Crippen molar-refractivity contribution in [1.82, 2.24) is 14.6 Å². The van der Waals surface area contributed by atoms with Gasteiger partial charge in [0.2, 0.25) is 0 Å². The molecule has 2 aliphatic rings. The second kappa shape index (κ2) is 8.99. The molecular weight excluding hydrogens is 415 g/mol. The maximum absolute atomic E-state index is 12.0. The molecule has 0 bridgehead atoms. The van der Waals surface area contributed by atoms with E-state index in [1.54, 1.807) is 6.07 Å². The fourth-order valence-electron chi connectivity index (χ4n) is 3.99. The number of hydrogen-bond donors (Lipinski definition) is 1. The Hall–Kier alpha value is -1.34. The van der Waals surface area contributed by atoms with Crippen LogP contribution >= 0.6 is 34.7 Å². The number of hydrogen-bond acceptors (Lipinski definition) is 5. The van der Waals surface area contributed by atoms with E-state index >= 15 is 0 Å². The molecule has 1 saturated heterocycles. The van der Waals surface area contributed by atoms with Gasteiger partial charge in [-0.05, 0) is 61.5 Å². The van der Waals surface area contributed by atoms with Crippen LogP contribution in [0.25, 0.3) is 0 Å². The summed E-state index contributed by atoms with van der Waals surface area (Å²) in [7, 11) is 0. The molecule has 5 nitrogen and oxygen atoms in total. The number of amides is 1. The number of piperazine rings is 1. The predicted octanol–water partition coefficient (Wildman–Crippen LogP) is 4.17. The van der Waals surface area contributed by atoms with Crippen LogP contribution in [0, 0.1) is 5.92 Å². The highest BCUT2D eigenvalue weighted by atomic mass is 35.5. The molecule has 1 N–H and O–H groups in total. The fraction of sp³-hybridized carbons (Fsp3) is 0.500. The summed E-state index contributed by atoms with van der Waals surface area (Å²) >= 11 is 13.8. The largest absolute Gasteiger partial charge is 0.368 e. The number of halogens is 2. The van der Waals surface area contributed by atoms with Gasteiger partial charge in [0.25, 0.3) is 5.91 Å². The quantitative estimate of drug-likeness (QED) is 0.734. The molecule has 0 unspecified atom stereocenters. The van der Waals surface area contributed by atoms with Crippen molar-refractivity contribution in [3.8, 4) is 0 Å². The van der Waals surface area contributed by atoms with E-state index in [2.05, 4.69) is 19.5 Å². The molecule has 2 fully saturated rings. The van der Waals surface area contributed by atoms with Crippen LogP contribution in [0.15, 0.2) is 29.6 Å². The third kappa shape index (κ3) is 4.62. The molecule has 8 heteroatoms. The molecule has 4 rings (SSSR count). The van der Waals surface area contributed by atoms with Crippen LogP contribution in [0.5, 0.6) is 0 Å². The molecule has 1 aliphatic carbocycles. The molecule has 1 saturated carbocycles. The van der Waals surface area contributed by atoms with Crippen LogP contribution in [-0.4, -0.2) is 53.9 Å². The highest BCUT2D eigenvalue weighted by Gasteiger charge is 2.31. The number of aromatic nitrogens is 1. The molecule has 1 amide bonds. The molecule has 0 spiro atoms. The van der Waals surface area contributed by atoms with Crippen molar-refractivity contribution in [2.24, 2.45) is 5.92 Å². The Bertz CT molecular complexity index is 803. The van der Waals surface area contributed by atoms with Crippen molar-refractivity contribution in [2.45, 2.75) is 25.3 Å². The average Bonchev–Trinajstić information content (AvgIpc) is 3.21. The Kier molecular flexibility index (Phi) is 6.41. The van der Waals surface area contributed by atoms with Crippen LogP contribution in [-0.2, 0) is 0 Å². The summed E-state index contributed by atoms with van der Waals surface area (Å²) in [5, 5.41) is 6.18. The van der Waals surface area contributed by atoms with Crippen molar-refractivity contribution in [3.05, 3.63) is 45.4 Å². The predicted molar refractivity (Wildman–Crippen MR) is 116 cm³/mol. The van der Waals surface area contributed by atoms with Crippen molar-refractivity contribution in [1.29, 1.82) is 0 Å². The molecule has 150 valence electrons. The summed E-state index contributed by atoms with van der Waals surface area (Å²) in [6, 6.07) is 7.90. The molecule has 0 radical (unpaired) electrons. The van der Waals surface area contributed by atoms with Crippen LogP contribution in [0.2, 0.25) is 10.0 Å². The van der Waals surface area contributed by atoms with E-state index in [4.69, 9.17) is 23.2 Å². The number of nitrogens with one attached hydrogen (secondary N) is 1. The van der Waals surface area contributed by atoms with Gasteiger partial charge in [-0.25, -0.2) is 0 Å². The lowest BCUT2D eigenvalue weighted by Gasteiger charge is -2.39. The Balaban J connectivity index is 1.15. The second-order valence-corrected chi connectivity index (χ2v) is 9.03. The Morgan fingerprint density at radius 3 is 2.68 bits per heavy atom. The van der Waals surface area contributed by atoms with E-state index in [0.29, 0.717) is 27.7 Å². The van der Waals surface area contributed by atoms with Crippen molar-refractivity contribution < 1.29 is 4.79 Å². The number of nitrogens with zero attached hydrogens (tertiary/aromatic N) is 3. The van der Waals surface area contributed by atoms with E-state index in [9.17, 15) is 4.79 Å². The summed E-state index contributed by atoms with van der Waals surface area (Å²) in [6.07, 6.45) is 3.35. The zero-order valence-electron chi connectivity index (χ0n) is 15.6. The van der Waals surface area contributed by atoms with Gasteiger partial charge < -0.3 is 10.2 Å². The summed E-state index contributed by atoms with van der Waals surface area (Å²) in [5.41, 5.74) is 1.57. The Labute approximate surface area is 179 Å². The monoisotopic (exact) mass is 438 g/mol. The van der Waals surface area contributed by atoms with Gasteiger partial charge >= 0.3 is 0 Å². The zero-order valence-corrected chi connectivity index (χ0v) is 17.9. The minimum atomic E-state index is -0.0412. The SMILES string of the molecule is O=C(NC1CC(CCN2CCN(c3cccc(Cl)c3Cl)CC2)C1)c1ccsn1. The van der Waals surface area contributed by atoms with E-state index < -0.39 is 0 Å². The molecular formula is C20H24Cl2N4OS. The molecule has 1 aromatic carbocycles. The number of carbonyl (C=O) groups is 1. The normalized spacial score (nSPS) is 22.7. The molecule has 28 heavy (non-hydrogen) atoms. The van der Waals surface area contributed by atoms with E-state index in [-0.39, 0.29) is 5.91 Å². The summed E-state index contributed by atoms with van der Waals surface area (Å²) < 4.78 is 4.09. The van der Waals surface area contributed by atoms with E-state index in [1.807, 2.05) is 23.6 Å². The second-order valence-electron chi connectivity index (χ2n) is 7.58. The molecule has 1 aromatic heterocycles. The summed E-state index contributed by atoms with van der Waals surface area (Å²) in [6.45, 7) is 5.14. The number of carbonyl (C=O) groups excluding carboxylic acids is 1. The minimum absolute atomic E-state index is 0.0412. The first-order valence-electron chi connectivity index (χ1n) is 9.72. The number of benzene rings is 1. The topological polar surface area (TPSA) is 48.5 Å². The summed E-state index contributed by atoms with van der Waals surface area (Å²) in [4.78, 5) is 16.9. The molecule has 2 aromatic rings. The fourth-order valence-corrected chi connectivity index (χ4v) is 4.92. The first-order valence-corrected chi connectivity index (χ1v) is 11.3. The van der Waals surface area contributed by atoms with Gasteiger partial charge in [-0.1, -0.05) is 29.3 Å². The lowest BCUT2D eigenvalue weighted by Crippen LogP contribution is -2.48. The number of anilines is 1.